The number of amides is 1. The summed E-state index contributed by atoms with van der Waals surface area (Å²) in [6.45, 7) is 5.97. The summed E-state index contributed by atoms with van der Waals surface area (Å²) in [5, 5.41) is 5.71. The minimum absolute atomic E-state index is 0.109. The summed E-state index contributed by atoms with van der Waals surface area (Å²) in [4.78, 5) is 20.9. The van der Waals surface area contributed by atoms with E-state index in [9.17, 15) is 9.18 Å². The van der Waals surface area contributed by atoms with Gasteiger partial charge in [0.15, 0.2) is 0 Å². The lowest BCUT2D eigenvalue weighted by atomic mass is 10.0. The third kappa shape index (κ3) is 4.67. The SMILES string of the molecule is Cc1nc(Nc2ccc(C(C)C)cc2)cc(C(=O)Nc2ccccc2F)n1. The first kappa shape index (κ1) is 18.5. The predicted octanol–water partition coefficient (Wildman–Crippen LogP) is 5.04. The van der Waals surface area contributed by atoms with Crippen molar-refractivity contribution in [2.75, 3.05) is 10.6 Å². The topological polar surface area (TPSA) is 66.9 Å². The highest BCUT2D eigenvalue weighted by Crippen LogP contribution is 2.20. The summed E-state index contributed by atoms with van der Waals surface area (Å²) < 4.78 is 13.7. The molecule has 5 nitrogen and oxygen atoms in total. The van der Waals surface area contributed by atoms with Crippen molar-refractivity contribution in [2.45, 2.75) is 26.7 Å². The highest BCUT2D eigenvalue weighted by molar-refractivity contribution is 6.03. The molecule has 138 valence electrons. The number of halogens is 1. The zero-order valence-electron chi connectivity index (χ0n) is 15.5. The highest BCUT2D eigenvalue weighted by atomic mass is 19.1. The fourth-order valence-electron chi connectivity index (χ4n) is 2.60. The van der Waals surface area contributed by atoms with Gasteiger partial charge in [0.2, 0.25) is 0 Å². The van der Waals surface area contributed by atoms with E-state index in [-0.39, 0.29) is 11.4 Å². The summed E-state index contributed by atoms with van der Waals surface area (Å²) in [6.07, 6.45) is 0. The number of para-hydroxylation sites is 1. The lowest BCUT2D eigenvalue weighted by Crippen LogP contribution is -2.16. The van der Waals surface area contributed by atoms with Crippen molar-refractivity contribution in [3.8, 4) is 0 Å². The summed E-state index contributed by atoms with van der Waals surface area (Å²) in [7, 11) is 0. The molecule has 0 aliphatic carbocycles. The predicted molar refractivity (Wildman–Crippen MR) is 105 cm³/mol. The average molecular weight is 364 g/mol. The van der Waals surface area contributed by atoms with E-state index in [4.69, 9.17) is 0 Å². The van der Waals surface area contributed by atoms with Crippen molar-refractivity contribution in [1.29, 1.82) is 0 Å². The lowest BCUT2D eigenvalue weighted by Gasteiger charge is -2.11. The Labute approximate surface area is 157 Å². The minimum atomic E-state index is -0.500. The zero-order chi connectivity index (χ0) is 19.4. The molecule has 0 aliphatic heterocycles. The Morgan fingerprint density at radius 2 is 1.74 bits per heavy atom. The van der Waals surface area contributed by atoms with Gasteiger partial charge in [0.25, 0.3) is 5.91 Å². The monoisotopic (exact) mass is 364 g/mol. The summed E-state index contributed by atoms with van der Waals surface area (Å²) in [5.41, 5.74) is 2.37. The molecule has 3 rings (SSSR count). The molecule has 0 atom stereocenters. The number of nitrogens with one attached hydrogen (secondary N) is 2. The Hall–Kier alpha value is -3.28. The second kappa shape index (κ2) is 7.95. The van der Waals surface area contributed by atoms with Crippen LogP contribution in [0.3, 0.4) is 0 Å². The molecule has 1 aromatic heterocycles. The van der Waals surface area contributed by atoms with E-state index in [0.29, 0.717) is 17.6 Å². The molecule has 0 saturated heterocycles. The first-order valence-electron chi connectivity index (χ1n) is 8.71. The largest absolute Gasteiger partial charge is 0.340 e. The van der Waals surface area contributed by atoms with Crippen LogP contribution in [0.4, 0.5) is 21.6 Å². The van der Waals surface area contributed by atoms with E-state index >= 15 is 0 Å². The van der Waals surface area contributed by atoms with Crippen molar-refractivity contribution >= 4 is 23.1 Å². The molecule has 2 N–H and O–H groups in total. The Kier molecular flexibility index (Phi) is 5.45. The fourth-order valence-corrected chi connectivity index (χ4v) is 2.60. The molecule has 0 saturated carbocycles. The van der Waals surface area contributed by atoms with Crippen LogP contribution < -0.4 is 10.6 Å². The Bertz CT molecular complexity index is 955. The molecule has 2 aromatic carbocycles. The molecular weight excluding hydrogens is 343 g/mol. The fraction of sp³-hybridized carbons (Fsp3) is 0.190. The zero-order valence-corrected chi connectivity index (χ0v) is 15.5. The number of anilines is 3. The molecular formula is C21H21FN4O. The van der Waals surface area contributed by atoms with Crippen molar-refractivity contribution in [1.82, 2.24) is 9.97 Å². The molecule has 0 unspecified atom stereocenters. The van der Waals surface area contributed by atoms with Crippen molar-refractivity contribution < 1.29 is 9.18 Å². The van der Waals surface area contributed by atoms with Gasteiger partial charge < -0.3 is 10.6 Å². The van der Waals surface area contributed by atoms with Gasteiger partial charge in [0, 0.05) is 11.8 Å². The maximum Gasteiger partial charge on any atom is 0.274 e. The van der Waals surface area contributed by atoms with Gasteiger partial charge in [-0.2, -0.15) is 0 Å². The third-order valence-electron chi connectivity index (χ3n) is 4.04. The standard InChI is InChI=1S/C21H21FN4O/c1-13(2)15-8-10-16(11-9-15)25-20-12-19(23-14(3)24-20)21(27)26-18-7-5-4-6-17(18)22/h4-13H,1-3H3,(H,26,27)(H,23,24,25). The molecule has 1 amide bonds. The van der Waals surface area contributed by atoms with Crippen LogP contribution in [-0.4, -0.2) is 15.9 Å². The second-order valence-corrected chi connectivity index (χ2v) is 6.52. The average Bonchev–Trinajstić information content (AvgIpc) is 2.63. The normalized spacial score (nSPS) is 10.7. The van der Waals surface area contributed by atoms with Gasteiger partial charge in [-0.3, -0.25) is 4.79 Å². The van der Waals surface area contributed by atoms with Crippen LogP contribution in [0.25, 0.3) is 0 Å². The maximum atomic E-state index is 13.7. The van der Waals surface area contributed by atoms with Gasteiger partial charge in [-0.1, -0.05) is 38.1 Å². The Morgan fingerprint density at radius 1 is 1.04 bits per heavy atom. The first-order chi connectivity index (χ1) is 12.9. The molecule has 0 aliphatic rings. The quantitative estimate of drug-likeness (QED) is 0.665. The van der Waals surface area contributed by atoms with Crippen molar-refractivity contribution in [3.63, 3.8) is 0 Å². The Balaban J connectivity index is 1.79. The summed E-state index contributed by atoms with van der Waals surface area (Å²) in [5.74, 6) is 0.397. The van der Waals surface area contributed by atoms with Gasteiger partial charge in [0.05, 0.1) is 5.69 Å². The molecule has 0 fully saturated rings. The van der Waals surface area contributed by atoms with E-state index < -0.39 is 11.7 Å². The Morgan fingerprint density at radius 3 is 2.41 bits per heavy atom. The number of aryl methyl sites for hydroxylation is 1. The molecule has 6 heteroatoms. The van der Waals surface area contributed by atoms with E-state index in [2.05, 4.69) is 34.4 Å². The van der Waals surface area contributed by atoms with E-state index in [1.54, 1.807) is 25.1 Å². The van der Waals surface area contributed by atoms with Gasteiger partial charge in [-0.05, 0) is 42.7 Å². The lowest BCUT2D eigenvalue weighted by molar-refractivity contribution is 0.102. The van der Waals surface area contributed by atoms with E-state index in [1.807, 2.05) is 24.3 Å². The number of rotatable bonds is 5. The van der Waals surface area contributed by atoms with Crippen LogP contribution in [0.1, 0.15) is 41.6 Å². The van der Waals surface area contributed by atoms with Gasteiger partial charge in [-0.15, -0.1) is 0 Å². The molecule has 0 spiro atoms. The van der Waals surface area contributed by atoms with Crippen LogP contribution in [0.2, 0.25) is 0 Å². The van der Waals surface area contributed by atoms with Crippen LogP contribution in [-0.2, 0) is 0 Å². The van der Waals surface area contributed by atoms with Gasteiger partial charge >= 0.3 is 0 Å². The molecule has 27 heavy (non-hydrogen) atoms. The number of benzene rings is 2. The van der Waals surface area contributed by atoms with Crippen LogP contribution in [0.15, 0.2) is 54.6 Å². The number of hydrogen-bond donors (Lipinski definition) is 2. The number of aromatic nitrogens is 2. The van der Waals surface area contributed by atoms with Gasteiger partial charge in [-0.25, -0.2) is 14.4 Å². The van der Waals surface area contributed by atoms with Crippen LogP contribution >= 0.6 is 0 Å². The van der Waals surface area contributed by atoms with Crippen molar-refractivity contribution in [3.05, 3.63) is 77.5 Å². The van der Waals surface area contributed by atoms with Crippen LogP contribution in [0, 0.1) is 12.7 Å². The third-order valence-corrected chi connectivity index (χ3v) is 4.04. The highest BCUT2D eigenvalue weighted by Gasteiger charge is 2.13. The first-order valence-corrected chi connectivity index (χ1v) is 8.71. The second-order valence-electron chi connectivity index (χ2n) is 6.52. The number of carbonyl (C=O) groups excluding carboxylic acids is 1. The number of hydrogen-bond acceptors (Lipinski definition) is 4. The molecule has 0 radical (unpaired) electrons. The van der Waals surface area contributed by atoms with E-state index in [0.717, 1.165) is 5.69 Å². The maximum absolute atomic E-state index is 13.7. The number of nitrogens with zero attached hydrogens (tertiary/aromatic N) is 2. The minimum Gasteiger partial charge on any atom is -0.340 e. The smallest absolute Gasteiger partial charge is 0.274 e. The molecule has 1 heterocycles. The van der Waals surface area contributed by atoms with E-state index in [1.165, 1.54) is 17.7 Å². The molecule has 0 bridgehead atoms. The number of carbonyl (C=O) groups is 1. The summed E-state index contributed by atoms with van der Waals surface area (Å²) >= 11 is 0. The van der Waals surface area contributed by atoms with Crippen LogP contribution in [0.5, 0.6) is 0 Å². The van der Waals surface area contributed by atoms with Gasteiger partial charge in [0.1, 0.15) is 23.2 Å². The summed E-state index contributed by atoms with van der Waals surface area (Å²) in [6, 6.07) is 15.6. The molecule has 3 aromatic rings. The van der Waals surface area contributed by atoms with Crippen molar-refractivity contribution in [2.24, 2.45) is 0 Å².